The van der Waals surface area contributed by atoms with Gasteiger partial charge in [0.2, 0.25) is 0 Å². The van der Waals surface area contributed by atoms with E-state index in [0.717, 1.165) is 12.2 Å². The molecule has 0 atom stereocenters. The summed E-state index contributed by atoms with van der Waals surface area (Å²) in [5.74, 6) is 0.657. The number of hydrogen-bond acceptors (Lipinski definition) is 2. The lowest BCUT2D eigenvalue weighted by atomic mass is 9.82. The fraction of sp³-hybridized carbons (Fsp3) is 0.562. The second-order valence-electron chi connectivity index (χ2n) is 5.47. The minimum atomic E-state index is 0.183. The summed E-state index contributed by atoms with van der Waals surface area (Å²) < 4.78 is 5.98. The number of ether oxygens (including phenoxy) is 1. The van der Waals surface area contributed by atoms with Crippen molar-refractivity contribution in [2.45, 2.75) is 50.2 Å². The van der Waals surface area contributed by atoms with Crippen molar-refractivity contribution in [2.24, 2.45) is 0 Å². The Labute approximate surface area is 136 Å². The van der Waals surface area contributed by atoms with Crippen LogP contribution in [0, 0.1) is 11.3 Å². The Balaban J connectivity index is 1.74. The van der Waals surface area contributed by atoms with Crippen molar-refractivity contribution in [3.8, 4) is 6.07 Å². The molecule has 2 nitrogen and oxygen atoms in total. The predicted molar refractivity (Wildman–Crippen MR) is 94.1 cm³/mol. The van der Waals surface area contributed by atoms with Crippen molar-refractivity contribution >= 4 is 28.8 Å². The van der Waals surface area contributed by atoms with Gasteiger partial charge >= 0.3 is 0 Å². The highest BCUT2D eigenvalue weighted by atomic mass is 127. The number of benzene rings is 1. The zero-order valence-corrected chi connectivity index (χ0v) is 15.4. The Morgan fingerprint density at radius 3 is 2.50 bits per heavy atom. The van der Waals surface area contributed by atoms with E-state index in [9.17, 15) is 0 Å². The van der Waals surface area contributed by atoms with Crippen LogP contribution in [-0.4, -0.2) is 19.7 Å². The first kappa shape index (κ1) is 16.0. The van der Waals surface area contributed by atoms with Crippen LogP contribution >= 0.6 is 21.8 Å². The molecule has 1 aliphatic carbocycles. The van der Waals surface area contributed by atoms with E-state index in [1.54, 1.807) is 0 Å². The molecule has 0 saturated heterocycles. The molecule has 0 N–H and O–H groups in total. The Morgan fingerprint density at radius 1 is 1.20 bits per heavy atom. The Bertz CT molecular complexity index is 435. The molecule has 1 aromatic carbocycles. The minimum Gasteiger partial charge on any atom is -0.378 e. The average Bonchev–Trinajstić information content (AvgIpc) is 2.52. The van der Waals surface area contributed by atoms with E-state index in [0.29, 0.717) is 12.0 Å². The number of nitriles is 1. The quantitative estimate of drug-likeness (QED) is 0.314. The molecule has 0 aromatic heterocycles. The first-order chi connectivity index (χ1) is 9.83. The van der Waals surface area contributed by atoms with Gasteiger partial charge in [-0.2, -0.15) is 5.26 Å². The summed E-state index contributed by atoms with van der Waals surface area (Å²) in [4.78, 5) is 0. The molecule has 0 unspecified atom stereocenters. The molecular weight excluding hydrogens is 377 g/mol. The van der Waals surface area contributed by atoms with E-state index in [1.807, 2.05) is 12.1 Å². The first-order valence-electron chi connectivity index (χ1n) is 7.51. The summed E-state index contributed by atoms with van der Waals surface area (Å²) in [6.07, 6.45) is 6.55. The first-order valence-corrected chi connectivity index (χ1v) is 13.6. The lowest BCUT2D eigenvalue weighted by Crippen LogP contribution is -2.21. The summed E-state index contributed by atoms with van der Waals surface area (Å²) in [6.45, 7) is 0.961. The predicted octanol–water partition coefficient (Wildman–Crippen LogP) is 3.93. The standard InChI is InChI=1S/C16H22INOSi/c17-20-11-1-10-19-16-8-6-15(7-9-16)14-4-2-13(12-18)3-5-14/h2-5,15-16H,1,6-11,20H2/t15-,16-. The van der Waals surface area contributed by atoms with Gasteiger partial charge in [-0.3, -0.25) is 0 Å². The molecule has 0 spiro atoms. The van der Waals surface area contributed by atoms with E-state index < -0.39 is 0 Å². The van der Waals surface area contributed by atoms with Crippen LogP contribution in [0.5, 0.6) is 0 Å². The van der Waals surface area contributed by atoms with Crippen LogP contribution in [-0.2, 0) is 4.74 Å². The molecule has 2 rings (SSSR count). The molecule has 0 radical (unpaired) electrons. The van der Waals surface area contributed by atoms with Crippen molar-refractivity contribution in [3.05, 3.63) is 35.4 Å². The van der Waals surface area contributed by atoms with E-state index in [2.05, 4.69) is 40.0 Å². The zero-order chi connectivity index (χ0) is 14.2. The number of halogens is 1. The van der Waals surface area contributed by atoms with Gasteiger partial charge in [0.25, 0.3) is 0 Å². The van der Waals surface area contributed by atoms with Crippen molar-refractivity contribution in [1.29, 1.82) is 5.26 Å². The number of hydrogen-bond donors (Lipinski definition) is 0. The zero-order valence-electron chi connectivity index (χ0n) is 11.9. The van der Waals surface area contributed by atoms with E-state index >= 15 is 0 Å². The third kappa shape index (κ3) is 4.87. The average molecular weight is 399 g/mol. The monoisotopic (exact) mass is 399 g/mol. The maximum Gasteiger partial charge on any atom is 0.0991 e. The van der Waals surface area contributed by atoms with Crippen molar-refractivity contribution < 1.29 is 4.74 Å². The van der Waals surface area contributed by atoms with Gasteiger partial charge < -0.3 is 4.74 Å². The molecule has 0 heterocycles. The normalized spacial score (nSPS) is 23.0. The number of rotatable bonds is 6. The smallest absolute Gasteiger partial charge is 0.0991 e. The maximum absolute atomic E-state index is 8.83. The maximum atomic E-state index is 8.83. The molecule has 1 saturated carbocycles. The highest BCUT2D eigenvalue weighted by molar-refractivity contribution is 14.1. The molecular formula is C16H22INOSi. The summed E-state index contributed by atoms with van der Waals surface area (Å²) >= 11 is 2.56. The molecule has 1 aliphatic rings. The minimum absolute atomic E-state index is 0.183. The second kappa shape index (κ2) is 8.80. The summed E-state index contributed by atoms with van der Waals surface area (Å²) in [7, 11) is 0.183. The molecule has 0 bridgehead atoms. The van der Waals surface area contributed by atoms with E-state index in [4.69, 9.17) is 10.00 Å². The lowest BCUT2D eigenvalue weighted by Gasteiger charge is -2.29. The molecule has 20 heavy (non-hydrogen) atoms. The Kier molecular flexibility index (Phi) is 7.04. The highest BCUT2D eigenvalue weighted by Crippen LogP contribution is 2.34. The second-order valence-corrected chi connectivity index (χ2v) is 9.80. The molecule has 0 amide bonds. The van der Waals surface area contributed by atoms with Crippen LogP contribution in [0.15, 0.2) is 24.3 Å². The van der Waals surface area contributed by atoms with Gasteiger partial charge in [0, 0.05) is 6.61 Å². The SMILES string of the molecule is N#Cc1ccc([C@H]2CC[C@H](OCCC[SiH2]I)CC2)cc1. The van der Waals surface area contributed by atoms with Gasteiger partial charge in [0.15, 0.2) is 0 Å². The van der Waals surface area contributed by atoms with Crippen molar-refractivity contribution in [2.75, 3.05) is 6.61 Å². The molecule has 108 valence electrons. The summed E-state index contributed by atoms with van der Waals surface area (Å²) in [5.41, 5.74) is 2.14. The van der Waals surface area contributed by atoms with E-state index in [1.165, 1.54) is 43.7 Å². The fourth-order valence-electron chi connectivity index (χ4n) is 2.84. The fourth-order valence-corrected chi connectivity index (χ4v) is 4.85. The van der Waals surface area contributed by atoms with Crippen LogP contribution in [0.1, 0.15) is 49.1 Å². The summed E-state index contributed by atoms with van der Waals surface area (Å²) in [5, 5.41) is 8.83. The molecule has 1 fully saturated rings. The Morgan fingerprint density at radius 2 is 1.90 bits per heavy atom. The van der Waals surface area contributed by atoms with Crippen molar-refractivity contribution in [1.82, 2.24) is 0 Å². The Hall–Kier alpha value is -0.383. The lowest BCUT2D eigenvalue weighted by molar-refractivity contribution is 0.0252. The molecule has 4 heteroatoms. The van der Waals surface area contributed by atoms with Crippen LogP contribution in [0.4, 0.5) is 0 Å². The van der Waals surface area contributed by atoms with E-state index in [-0.39, 0.29) is 7.02 Å². The van der Waals surface area contributed by atoms with Gasteiger partial charge in [0.05, 0.1) is 24.8 Å². The van der Waals surface area contributed by atoms with Gasteiger partial charge in [-0.25, -0.2) is 0 Å². The molecule has 0 aliphatic heterocycles. The van der Waals surface area contributed by atoms with Crippen LogP contribution < -0.4 is 0 Å². The molecule has 1 aromatic rings. The van der Waals surface area contributed by atoms with Gasteiger partial charge in [-0.15, -0.1) is 21.8 Å². The van der Waals surface area contributed by atoms with Gasteiger partial charge in [0.1, 0.15) is 0 Å². The number of nitrogens with zero attached hydrogens (tertiary/aromatic N) is 1. The van der Waals surface area contributed by atoms with Crippen LogP contribution in [0.2, 0.25) is 6.04 Å². The van der Waals surface area contributed by atoms with Crippen molar-refractivity contribution in [3.63, 3.8) is 0 Å². The third-order valence-corrected chi connectivity index (χ3v) is 7.12. The van der Waals surface area contributed by atoms with Gasteiger partial charge in [-0.1, -0.05) is 18.2 Å². The summed E-state index contributed by atoms with van der Waals surface area (Å²) in [6, 6.07) is 11.7. The largest absolute Gasteiger partial charge is 0.378 e. The topological polar surface area (TPSA) is 33.0 Å². The van der Waals surface area contributed by atoms with Crippen LogP contribution in [0.25, 0.3) is 0 Å². The third-order valence-electron chi connectivity index (χ3n) is 4.07. The highest BCUT2D eigenvalue weighted by Gasteiger charge is 2.22. The van der Waals surface area contributed by atoms with Gasteiger partial charge in [-0.05, 0) is 55.7 Å². The van der Waals surface area contributed by atoms with Crippen LogP contribution in [0.3, 0.4) is 0 Å².